The summed E-state index contributed by atoms with van der Waals surface area (Å²) < 4.78 is 1.26. The van der Waals surface area contributed by atoms with Crippen LogP contribution in [0.3, 0.4) is 0 Å². The van der Waals surface area contributed by atoms with Crippen LogP contribution in [-0.2, 0) is 6.42 Å². The summed E-state index contributed by atoms with van der Waals surface area (Å²) in [6, 6.07) is 18.1. The summed E-state index contributed by atoms with van der Waals surface area (Å²) in [4.78, 5) is 0. The Morgan fingerprint density at radius 3 is 2.67 bits per heavy atom. The van der Waals surface area contributed by atoms with Crippen LogP contribution >= 0.6 is 15.9 Å². The molecule has 1 saturated carbocycles. The fourth-order valence-electron chi connectivity index (χ4n) is 3.13. The van der Waals surface area contributed by atoms with E-state index in [0.29, 0.717) is 6.04 Å². The van der Waals surface area contributed by atoms with Crippen LogP contribution in [0.2, 0.25) is 0 Å². The number of nitrogens with one attached hydrogen (secondary N) is 1. The molecule has 1 nitrogen and oxygen atoms in total. The maximum atomic E-state index is 3.69. The summed E-state index contributed by atoms with van der Waals surface area (Å²) >= 11 is 3.66. The Labute approximate surface area is 135 Å². The lowest BCUT2D eigenvalue weighted by Crippen LogP contribution is -2.41. The smallest absolute Gasteiger partial charge is 0.0210 e. The van der Waals surface area contributed by atoms with Crippen LogP contribution < -0.4 is 5.32 Å². The monoisotopic (exact) mass is 343 g/mol. The van der Waals surface area contributed by atoms with E-state index in [2.05, 4.69) is 76.7 Å². The average molecular weight is 344 g/mol. The van der Waals surface area contributed by atoms with Crippen molar-refractivity contribution in [3.8, 4) is 0 Å². The maximum Gasteiger partial charge on any atom is 0.0210 e. The summed E-state index contributed by atoms with van der Waals surface area (Å²) in [5.41, 5.74) is 4.25. The van der Waals surface area contributed by atoms with E-state index in [9.17, 15) is 0 Å². The van der Waals surface area contributed by atoms with Crippen LogP contribution in [0.25, 0.3) is 0 Å². The molecule has 0 aromatic heterocycles. The zero-order valence-electron chi connectivity index (χ0n) is 12.5. The van der Waals surface area contributed by atoms with Gasteiger partial charge in [-0.05, 0) is 55.8 Å². The van der Waals surface area contributed by atoms with Crippen molar-refractivity contribution >= 4 is 15.9 Å². The molecular formula is C19H22BrN. The highest BCUT2D eigenvalue weighted by Crippen LogP contribution is 2.39. The summed E-state index contributed by atoms with van der Waals surface area (Å²) in [6.45, 7) is 3.24. The number of benzene rings is 2. The molecule has 2 aromatic rings. The van der Waals surface area contributed by atoms with E-state index in [4.69, 9.17) is 0 Å². The quantitative estimate of drug-likeness (QED) is 0.819. The van der Waals surface area contributed by atoms with Gasteiger partial charge in [-0.25, -0.2) is 0 Å². The van der Waals surface area contributed by atoms with E-state index in [0.717, 1.165) is 18.9 Å². The molecule has 1 N–H and O–H groups in total. The van der Waals surface area contributed by atoms with E-state index in [1.165, 1.54) is 34.0 Å². The van der Waals surface area contributed by atoms with Gasteiger partial charge < -0.3 is 5.32 Å². The van der Waals surface area contributed by atoms with Gasteiger partial charge in [-0.1, -0.05) is 64.0 Å². The van der Waals surface area contributed by atoms with Crippen LogP contribution in [0.4, 0.5) is 0 Å². The minimum absolute atomic E-state index is 0.687. The number of rotatable bonds is 5. The average Bonchev–Trinajstić information content (AvgIpc) is 2.43. The number of aryl methyl sites for hydroxylation is 1. The molecule has 1 fully saturated rings. The van der Waals surface area contributed by atoms with Gasteiger partial charge in [0.05, 0.1) is 0 Å². The largest absolute Gasteiger partial charge is 0.314 e. The Morgan fingerprint density at radius 1 is 1.10 bits per heavy atom. The zero-order valence-corrected chi connectivity index (χ0v) is 14.1. The predicted molar refractivity (Wildman–Crippen MR) is 92.8 cm³/mol. The van der Waals surface area contributed by atoms with Crippen molar-refractivity contribution in [1.29, 1.82) is 0 Å². The molecule has 21 heavy (non-hydrogen) atoms. The number of halogens is 1. The number of hydrogen-bond acceptors (Lipinski definition) is 1. The molecule has 1 aliphatic rings. The van der Waals surface area contributed by atoms with Crippen molar-refractivity contribution in [2.45, 2.75) is 38.1 Å². The van der Waals surface area contributed by atoms with E-state index >= 15 is 0 Å². The second-order valence-electron chi connectivity index (χ2n) is 6.08. The van der Waals surface area contributed by atoms with Crippen molar-refractivity contribution in [3.05, 3.63) is 69.7 Å². The fourth-order valence-corrected chi connectivity index (χ4v) is 3.74. The third-order valence-corrected chi connectivity index (χ3v) is 5.13. The van der Waals surface area contributed by atoms with E-state index < -0.39 is 0 Å². The lowest BCUT2D eigenvalue weighted by atomic mass is 9.76. The van der Waals surface area contributed by atoms with Gasteiger partial charge in [0, 0.05) is 10.5 Å². The van der Waals surface area contributed by atoms with Gasteiger partial charge in [0.15, 0.2) is 0 Å². The highest BCUT2D eigenvalue weighted by atomic mass is 79.9. The first-order valence-corrected chi connectivity index (χ1v) is 8.55. The van der Waals surface area contributed by atoms with Crippen molar-refractivity contribution in [2.24, 2.45) is 0 Å². The van der Waals surface area contributed by atoms with Crippen LogP contribution in [0.5, 0.6) is 0 Å². The zero-order chi connectivity index (χ0) is 14.7. The molecule has 0 heterocycles. The number of hydrogen-bond donors (Lipinski definition) is 1. The van der Waals surface area contributed by atoms with Gasteiger partial charge in [-0.3, -0.25) is 0 Å². The van der Waals surface area contributed by atoms with Crippen LogP contribution in [0.1, 0.15) is 35.4 Å². The molecule has 2 heteroatoms. The molecule has 2 aromatic carbocycles. The third kappa shape index (κ3) is 3.75. The van der Waals surface area contributed by atoms with Crippen molar-refractivity contribution in [3.63, 3.8) is 0 Å². The Bertz CT molecular complexity index is 602. The van der Waals surface area contributed by atoms with E-state index in [1.807, 2.05) is 0 Å². The van der Waals surface area contributed by atoms with Crippen LogP contribution in [-0.4, -0.2) is 12.6 Å². The minimum atomic E-state index is 0.687. The van der Waals surface area contributed by atoms with Crippen LogP contribution in [0, 0.1) is 6.92 Å². The van der Waals surface area contributed by atoms with E-state index in [1.54, 1.807) is 0 Å². The standard InChI is InChI=1S/C19H22BrN/c1-14-5-4-6-15(11-14)9-10-21-17-12-16(13-17)18-7-2-3-8-19(18)20/h2-8,11,16-17,21H,9-10,12-13H2,1H3. The van der Waals surface area contributed by atoms with Crippen molar-refractivity contribution in [2.75, 3.05) is 6.54 Å². The molecular weight excluding hydrogens is 322 g/mol. The van der Waals surface area contributed by atoms with Crippen molar-refractivity contribution < 1.29 is 0 Å². The molecule has 0 spiro atoms. The first-order valence-electron chi connectivity index (χ1n) is 7.76. The second-order valence-corrected chi connectivity index (χ2v) is 6.93. The molecule has 110 valence electrons. The summed E-state index contributed by atoms with van der Waals surface area (Å²) in [6.07, 6.45) is 3.64. The Kier molecular flexibility index (Phi) is 4.77. The summed E-state index contributed by atoms with van der Waals surface area (Å²) in [5, 5.41) is 3.69. The maximum absolute atomic E-state index is 3.69. The van der Waals surface area contributed by atoms with Gasteiger partial charge in [0.2, 0.25) is 0 Å². The van der Waals surface area contributed by atoms with Gasteiger partial charge >= 0.3 is 0 Å². The highest BCUT2D eigenvalue weighted by Gasteiger charge is 2.30. The van der Waals surface area contributed by atoms with Gasteiger partial charge in [-0.2, -0.15) is 0 Å². The van der Waals surface area contributed by atoms with Gasteiger partial charge in [0.25, 0.3) is 0 Å². The molecule has 0 saturated heterocycles. The second kappa shape index (κ2) is 6.76. The SMILES string of the molecule is Cc1cccc(CCNC2CC(c3ccccc3Br)C2)c1. The first-order chi connectivity index (χ1) is 10.2. The minimum Gasteiger partial charge on any atom is -0.314 e. The summed E-state index contributed by atoms with van der Waals surface area (Å²) in [7, 11) is 0. The molecule has 0 bridgehead atoms. The molecule has 0 aliphatic heterocycles. The lowest BCUT2D eigenvalue weighted by molar-refractivity contribution is 0.292. The predicted octanol–water partition coefficient (Wildman–Crippen LogP) is 4.84. The van der Waals surface area contributed by atoms with Crippen molar-refractivity contribution in [1.82, 2.24) is 5.32 Å². The topological polar surface area (TPSA) is 12.0 Å². The molecule has 3 rings (SSSR count). The Morgan fingerprint density at radius 2 is 1.90 bits per heavy atom. The molecule has 0 atom stereocenters. The molecule has 0 radical (unpaired) electrons. The molecule has 0 amide bonds. The fraction of sp³-hybridized carbons (Fsp3) is 0.368. The Balaban J connectivity index is 1.42. The van der Waals surface area contributed by atoms with E-state index in [-0.39, 0.29) is 0 Å². The Hall–Kier alpha value is -1.12. The molecule has 0 unspecified atom stereocenters. The highest BCUT2D eigenvalue weighted by molar-refractivity contribution is 9.10. The van der Waals surface area contributed by atoms with Crippen LogP contribution in [0.15, 0.2) is 53.0 Å². The summed E-state index contributed by atoms with van der Waals surface area (Å²) in [5.74, 6) is 0.719. The normalized spacial score (nSPS) is 21.0. The molecule has 1 aliphatic carbocycles. The third-order valence-electron chi connectivity index (χ3n) is 4.41. The van der Waals surface area contributed by atoms with Gasteiger partial charge in [0.1, 0.15) is 0 Å². The first kappa shape index (κ1) is 14.8. The van der Waals surface area contributed by atoms with Gasteiger partial charge in [-0.15, -0.1) is 0 Å². The lowest BCUT2D eigenvalue weighted by Gasteiger charge is -2.37.